The summed E-state index contributed by atoms with van der Waals surface area (Å²) in [6.45, 7) is 0.112. The van der Waals surface area contributed by atoms with Gasteiger partial charge in [0.1, 0.15) is 17.5 Å². The number of thiophene rings is 1. The van der Waals surface area contributed by atoms with E-state index in [0.29, 0.717) is 44.5 Å². The molecule has 0 saturated carbocycles. The zero-order valence-corrected chi connectivity index (χ0v) is 19.6. The Morgan fingerprint density at radius 2 is 1.91 bits per heavy atom. The number of aromatic nitrogens is 1. The smallest absolute Gasteiger partial charge is 0.320 e. The van der Waals surface area contributed by atoms with Gasteiger partial charge in [-0.15, -0.1) is 11.3 Å². The third-order valence-corrected chi connectivity index (χ3v) is 5.94. The molecule has 0 bridgehead atoms. The molecule has 0 aliphatic heterocycles. The Kier molecular flexibility index (Phi) is 7.44. The second kappa shape index (κ2) is 10.9. The van der Waals surface area contributed by atoms with Gasteiger partial charge in [-0.1, -0.05) is 6.07 Å². The Balaban J connectivity index is 1.49. The highest BCUT2D eigenvalue weighted by Crippen LogP contribution is 2.37. The first kappa shape index (κ1) is 24.0. The fourth-order valence-corrected chi connectivity index (χ4v) is 3.86. The molecule has 1 unspecified atom stereocenters. The van der Waals surface area contributed by atoms with E-state index in [1.165, 1.54) is 18.4 Å². The number of carboxylic acid groups (broad SMARTS) is 1. The molecule has 2 aromatic carbocycles. The number of aliphatic carboxylic acids is 1. The molecular weight excluding hydrogens is 470 g/mol. The number of pyridine rings is 1. The summed E-state index contributed by atoms with van der Waals surface area (Å²) in [5.74, 6) is 0.764. The summed E-state index contributed by atoms with van der Waals surface area (Å²) in [7, 11) is 1.51. The van der Waals surface area contributed by atoms with Crippen LogP contribution in [0.5, 0.6) is 23.0 Å². The zero-order valence-electron chi connectivity index (χ0n) is 18.8. The van der Waals surface area contributed by atoms with E-state index < -0.39 is 12.0 Å². The highest BCUT2D eigenvalue weighted by molar-refractivity contribution is 7.12. The average molecular weight is 494 g/mol. The number of carbonyl (C=O) groups excluding carboxylic acids is 1. The van der Waals surface area contributed by atoms with E-state index in [2.05, 4.69) is 10.3 Å². The molecule has 4 rings (SSSR count). The molecule has 9 nitrogen and oxygen atoms in total. The SMILES string of the molecule is COc1cc2c(Oc3ccc(NC(=O)c4cccs4)cc3)ccnc2cc1OCCC(N)C(=O)O. The number of nitrogens with zero attached hydrogens (tertiary/aromatic N) is 1. The molecule has 4 N–H and O–H groups in total. The largest absolute Gasteiger partial charge is 0.493 e. The lowest BCUT2D eigenvalue weighted by molar-refractivity contribution is -0.138. The van der Waals surface area contributed by atoms with Crippen molar-refractivity contribution in [2.45, 2.75) is 12.5 Å². The molecule has 10 heteroatoms. The first-order chi connectivity index (χ1) is 16.9. The molecular formula is C25H23N3O6S. The van der Waals surface area contributed by atoms with Crippen molar-refractivity contribution in [3.05, 3.63) is 71.1 Å². The normalized spacial score (nSPS) is 11.6. The first-order valence-electron chi connectivity index (χ1n) is 10.7. The Labute approximate surface area is 205 Å². The van der Waals surface area contributed by atoms with Gasteiger partial charge in [0.2, 0.25) is 0 Å². The Morgan fingerprint density at radius 1 is 1.11 bits per heavy atom. The van der Waals surface area contributed by atoms with Crippen molar-refractivity contribution >= 4 is 39.8 Å². The fraction of sp³-hybridized carbons (Fsp3) is 0.160. The third kappa shape index (κ3) is 5.86. The molecule has 0 fully saturated rings. The van der Waals surface area contributed by atoms with Crippen LogP contribution in [0.15, 0.2) is 66.2 Å². The van der Waals surface area contributed by atoms with Crippen molar-refractivity contribution < 1.29 is 28.9 Å². The number of hydrogen-bond acceptors (Lipinski definition) is 8. The number of anilines is 1. The molecule has 2 aromatic heterocycles. The topological polar surface area (TPSA) is 133 Å². The number of carboxylic acids is 1. The van der Waals surface area contributed by atoms with Crippen LogP contribution < -0.4 is 25.3 Å². The number of nitrogens with one attached hydrogen (secondary N) is 1. The molecule has 0 radical (unpaired) electrons. The number of fused-ring (bicyclic) bond motifs is 1. The van der Waals surface area contributed by atoms with Crippen LogP contribution in [0.1, 0.15) is 16.1 Å². The van der Waals surface area contributed by atoms with Crippen molar-refractivity contribution in [3.8, 4) is 23.0 Å². The van der Waals surface area contributed by atoms with Gasteiger partial charge in [0.05, 0.1) is 24.1 Å². The number of nitrogens with two attached hydrogens (primary N) is 1. The molecule has 0 aliphatic carbocycles. The Bertz CT molecular complexity index is 1330. The summed E-state index contributed by atoms with van der Waals surface area (Å²) in [5.41, 5.74) is 6.80. The maximum absolute atomic E-state index is 12.2. The summed E-state index contributed by atoms with van der Waals surface area (Å²) in [6, 6.07) is 14.8. The minimum Gasteiger partial charge on any atom is -0.493 e. The van der Waals surface area contributed by atoms with Crippen LogP contribution in [0.3, 0.4) is 0 Å². The predicted octanol–water partition coefficient (Wildman–Crippen LogP) is 4.53. The second-order valence-corrected chi connectivity index (χ2v) is 8.42. The van der Waals surface area contributed by atoms with Gasteiger partial charge < -0.3 is 30.4 Å². The van der Waals surface area contributed by atoms with Crippen molar-refractivity contribution in [2.75, 3.05) is 19.0 Å². The molecule has 1 amide bonds. The number of hydrogen-bond donors (Lipinski definition) is 3. The summed E-state index contributed by atoms with van der Waals surface area (Å²) < 4.78 is 17.2. The van der Waals surface area contributed by atoms with Crippen molar-refractivity contribution in [3.63, 3.8) is 0 Å². The molecule has 2 heterocycles. The summed E-state index contributed by atoms with van der Waals surface area (Å²) in [4.78, 5) is 28.1. The van der Waals surface area contributed by atoms with Crippen molar-refractivity contribution in [1.82, 2.24) is 4.98 Å². The van der Waals surface area contributed by atoms with Gasteiger partial charge in [-0.3, -0.25) is 14.6 Å². The molecule has 0 spiro atoms. The second-order valence-electron chi connectivity index (χ2n) is 7.47. The van der Waals surface area contributed by atoms with Gasteiger partial charge in [-0.2, -0.15) is 0 Å². The lowest BCUT2D eigenvalue weighted by Gasteiger charge is -2.14. The predicted molar refractivity (Wildman–Crippen MR) is 133 cm³/mol. The van der Waals surface area contributed by atoms with Gasteiger partial charge in [-0.05, 0) is 47.8 Å². The number of amides is 1. The maximum Gasteiger partial charge on any atom is 0.320 e. The van der Waals surface area contributed by atoms with E-state index in [0.717, 1.165) is 0 Å². The Morgan fingerprint density at radius 3 is 2.60 bits per heavy atom. The van der Waals surface area contributed by atoms with Gasteiger partial charge in [-0.25, -0.2) is 0 Å². The minimum atomic E-state index is -1.08. The minimum absolute atomic E-state index is 0.112. The van der Waals surface area contributed by atoms with E-state index in [1.807, 2.05) is 11.4 Å². The van der Waals surface area contributed by atoms with Gasteiger partial charge in [0.15, 0.2) is 11.5 Å². The van der Waals surface area contributed by atoms with Crippen LogP contribution in [0.4, 0.5) is 5.69 Å². The summed E-state index contributed by atoms with van der Waals surface area (Å²) in [5, 5.41) is 14.3. The molecule has 35 heavy (non-hydrogen) atoms. The van der Waals surface area contributed by atoms with Crippen LogP contribution >= 0.6 is 11.3 Å². The molecule has 1 atom stereocenters. The highest BCUT2D eigenvalue weighted by Gasteiger charge is 2.15. The third-order valence-electron chi connectivity index (χ3n) is 5.08. The standard InChI is InChI=1S/C25H23N3O6S/c1-32-21-13-17-19(14-22(21)33-11-9-18(26)25(30)31)27-10-8-20(17)34-16-6-4-15(5-7-16)28-24(29)23-3-2-12-35-23/h2-8,10,12-14,18H,9,11,26H2,1H3,(H,28,29)(H,30,31). The summed E-state index contributed by atoms with van der Waals surface area (Å²) in [6.07, 6.45) is 1.76. The van der Waals surface area contributed by atoms with Gasteiger partial charge in [0.25, 0.3) is 5.91 Å². The quantitative estimate of drug-likeness (QED) is 0.293. The highest BCUT2D eigenvalue weighted by atomic mass is 32.1. The summed E-state index contributed by atoms with van der Waals surface area (Å²) >= 11 is 1.38. The van der Waals surface area contributed by atoms with Gasteiger partial charge in [0, 0.05) is 29.8 Å². The van der Waals surface area contributed by atoms with E-state index in [-0.39, 0.29) is 18.9 Å². The number of ether oxygens (including phenoxy) is 3. The molecule has 0 saturated heterocycles. The number of benzene rings is 2. The lowest BCUT2D eigenvalue weighted by atomic mass is 10.1. The van der Waals surface area contributed by atoms with Crippen LogP contribution in [0, 0.1) is 0 Å². The maximum atomic E-state index is 12.2. The molecule has 0 aliphatic rings. The van der Waals surface area contributed by atoms with Crippen molar-refractivity contribution in [2.24, 2.45) is 5.73 Å². The fourth-order valence-electron chi connectivity index (χ4n) is 3.24. The van der Waals surface area contributed by atoms with E-state index in [9.17, 15) is 9.59 Å². The van der Waals surface area contributed by atoms with Crippen molar-refractivity contribution in [1.29, 1.82) is 0 Å². The number of methoxy groups -OCH3 is 1. The van der Waals surface area contributed by atoms with Crippen LogP contribution in [-0.4, -0.2) is 41.7 Å². The molecule has 4 aromatic rings. The van der Waals surface area contributed by atoms with Gasteiger partial charge >= 0.3 is 5.97 Å². The van der Waals surface area contributed by atoms with E-state index in [4.69, 9.17) is 25.1 Å². The number of carbonyl (C=O) groups is 2. The monoisotopic (exact) mass is 493 g/mol. The van der Waals surface area contributed by atoms with Crippen LogP contribution in [0.25, 0.3) is 10.9 Å². The first-order valence-corrected chi connectivity index (χ1v) is 11.5. The zero-order chi connectivity index (χ0) is 24.8. The molecule has 180 valence electrons. The average Bonchev–Trinajstić information content (AvgIpc) is 3.40. The Hall–Kier alpha value is -4.15. The van der Waals surface area contributed by atoms with E-state index in [1.54, 1.807) is 54.7 Å². The van der Waals surface area contributed by atoms with Crippen LogP contribution in [-0.2, 0) is 4.79 Å². The number of rotatable bonds is 10. The lowest BCUT2D eigenvalue weighted by Crippen LogP contribution is -2.31. The van der Waals surface area contributed by atoms with Crippen LogP contribution in [0.2, 0.25) is 0 Å². The van der Waals surface area contributed by atoms with E-state index >= 15 is 0 Å².